The zero-order chi connectivity index (χ0) is 31.8. The Balaban J connectivity index is 1.46. The van der Waals surface area contributed by atoms with E-state index in [4.69, 9.17) is 10.5 Å². The molecule has 8 nitrogen and oxygen atoms in total. The van der Waals surface area contributed by atoms with Gasteiger partial charge in [-0.25, -0.2) is 13.2 Å². The fourth-order valence-electron chi connectivity index (χ4n) is 6.84. The maximum atomic E-state index is 16.8. The predicted molar refractivity (Wildman–Crippen MR) is 158 cm³/mol. The lowest BCUT2D eigenvalue weighted by Gasteiger charge is -2.34. The average Bonchev–Trinajstić information content (AvgIpc) is 3.63. The van der Waals surface area contributed by atoms with Crippen molar-refractivity contribution in [2.24, 2.45) is 0 Å². The van der Waals surface area contributed by atoms with Crippen LogP contribution in [0.15, 0.2) is 18.2 Å². The number of thiophene rings is 1. The molecule has 2 unspecified atom stereocenters. The average molecular weight is 648 g/mol. The molecule has 0 amide bonds. The molecule has 3 aliphatic rings. The number of halogens is 6. The highest BCUT2D eigenvalue weighted by Crippen LogP contribution is 2.48. The molecule has 0 spiro atoms. The number of likely N-dealkylation sites (N-methyl/N-ethyl adjacent to an activating group) is 1. The number of ether oxygens (including phenoxy) is 1. The third-order valence-corrected chi connectivity index (χ3v) is 9.98. The summed E-state index contributed by atoms with van der Waals surface area (Å²) in [6, 6.07) is 4.18. The minimum atomic E-state index is -5.05. The second-order valence-electron chi connectivity index (χ2n) is 11.9. The van der Waals surface area contributed by atoms with E-state index in [9.17, 15) is 27.2 Å². The molecule has 236 valence electrons. The molecule has 15 heteroatoms. The van der Waals surface area contributed by atoms with Crippen LogP contribution in [0.3, 0.4) is 0 Å². The summed E-state index contributed by atoms with van der Waals surface area (Å²) in [7, 11) is 1.75. The fourth-order valence-corrected chi connectivity index (χ4v) is 7.79. The summed E-state index contributed by atoms with van der Waals surface area (Å²) >= 11 is 0.698. The number of nitrogens with zero attached hydrogens (tertiary/aromatic N) is 5. The highest BCUT2D eigenvalue weighted by atomic mass is 32.1. The van der Waals surface area contributed by atoms with Crippen LogP contribution in [0.4, 0.5) is 37.2 Å². The summed E-state index contributed by atoms with van der Waals surface area (Å²) in [6.45, 7) is 1.07. The third-order valence-electron chi connectivity index (χ3n) is 8.95. The molecule has 3 saturated heterocycles. The Morgan fingerprint density at radius 3 is 2.53 bits per heavy atom. The van der Waals surface area contributed by atoms with Crippen molar-refractivity contribution in [3.63, 3.8) is 0 Å². The number of hydrogen-bond donors (Lipinski definition) is 2. The monoisotopic (exact) mass is 647 g/mol. The second kappa shape index (κ2) is 10.9. The number of anilines is 2. The lowest BCUT2D eigenvalue weighted by atomic mass is 9.92. The third kappa shape index (κ3) is 5.08. The molecule has 5 heterocycles. The van der Waals surface area contributed by atoms with Crippen molar-refractivity contribution in [1.29, 1.82) is 5.26 Å². The van der Waals surface area contributed by atoms with Crippen LogP contribution in [0.25, 0.3) is 32.1 Å². The van der Waals surface area contributed by atoms with E-state index in [1.54, 1.807) is 11.9 Å². The van der Waals surface area contributed by atoms with E-state index >= 15 is 4.39 Å². The molecule has 3 aliphatic heterocycles. The SMILES string of the molecule is CN1C[C@H](F)C[C@H]1COc1nc(N2CC3CCC(C2)N3)c2cc(C(F)(F)F)c(-c3ccc(F)c4sc(N)c(C#N)c34)c(F)c2n1. The van der Waals surface area contributed by atoms with Crippen LogP contribution in [0.1, 0.15) is 30.4 Å². The van der Waals surface area contributed by atoms with Gasteiger partial charge in [-0.3, -0.25) is 4.90 Å². The van der Waals surface area contributed by atoms with Crippen molar-refractivity contribution < 1.29 is 31.1 Å². The number of nitrogen functional groups attached to an aromatic ring is 1. The summed E-state index contributed by atoms with van der Waals surface area (Å²) in [4.78, 5) is 12.4. The number of piperazine rings is 1. The zero-order valence-electron chi connectivity index (χ0n) is 23.9. The Labute approximate surface area is 257 Å². The minimum Gasteiger partial charge on any atom is -0.462 e. The lowest BCUT2D eigenvalue weighted by molar-refractivity contribution is -0.137. The van der Waals surface area contributed by atoms with Crippen molar-refractivity contribution in [2.75, 3.05) is 43.9 Å². The van der Waals surface area contributed by atoms with Gasteiger partial charge in [0.15, 0.2) is 5.82 Å². The van der Waals surface area contributed by atoms with E-state index in [0.29, 0.717) is 24.4 Å². The maximum absolute atomic E-state index is 16.8. The van der Waals surface area contributed by atoms with Gasteiger partial charge in [0, 0.05) is 54.1 Å². The number of nitriles is 1. The summed E-state index contributed by atoms with van der Waals surface area (Å²) in [5, 5.41) is 12.7. The Kier molecular flexibility index (Phi) is 7.21. The first-order valence-electron chi connectivity index (χ1n) is 14.4. The van der Waals surface area contributed by atoms with Crippen molar-refractivity contribution >= 4 is 43.1 Å². The first-order chi connectivity index (χ1) is 21.4. The molecular weight excluding hydrogens is 620 g/mol. The smallest absolute Gasteiger partial charge is 0.417 e. The van der Waals surface area contributed by atoms with E-state index < -0.39 is 40.6 Å². The quantitative estimate of drug-likeness (QED) is 0.269. The molecule has 0 saturated carbocycles. The number of nitrogens with one attached hydrogen (secondary N) is 1. The Bertz CT molecular complexity index is 1860. The molecule has 0 radical (unpaired) electrons. The zero-order valence-corrected chi connectivity index (χ0v) is 24.7. The Morgan fingerprint density at radius 2 is 1.89 bits per heavy atom. The molecule has 3 fully saturated rings. The van der Waals surface area contributed by atoms with Gasteiger partial charge in [0.05, 0.1) is 15.8 Å². The molecule has 2 aromatic heterocycles. The van der Waals surface area contributed by atoms with Crippen LogP contribution in [-0.2, 0) is 6.18 Å². The molecule has 2 bridgehead atoms. The highest BCUT2D eigenvalue weighted by molar-refractivity contribution is 7.23. The first kappa shape index (κ1) is 29.8. The number of rotatable bonds is 5. The molecule has 45 heavy (non-hydrogen) atoms. The van der Waals surface area contributed by atoms with Crippen LogP contribution >= 0.6 is 11.3 Å². The largest absolute Gasteiger partial charge is 0.462 e. The molecule has 0 aliphatic carbocycles. The molecule has 4 aromatic rings. The summed E-state index contributed by atoms with van der Waals surface area (Å²) < 4.78 is 95.7. The summed E-state index contributed by atoms with van der Waals surface area (Å²) in [5.41, 5.74) is 2.70. The van der Waals surface area contributed by atoms with Crippen molar-refractivity contribution in [1.82, 2.24) is 20.2 Å². The van der Waals surface area contributed by atoms with Gasteiger partial charge in [-0.1, -0.05) is 6.07 Å². The van der Waals surface area contributed by atoms with Gasteiger partial charge in [-0.05, 0) is 44.0 Å². The number of fused-ring (bicyclic) bond motifs is 4. The number of benzene rings is 2. The molecule has 7 rings (SSSR count). The normalized spacial score (nSPS) is 23.7. The van der Waals surface area contributed by atoms with Gasteiger partial charge < -0.3 is 20.7 Å². The molecule has 4 atom stereocenters. The topological polar surface area (TPSA) is 103 Å². The van der Waals surface area contributed by atoms with E-state index in [1.165, 1.54) is 0 Å². The Morgan fingerprint density at radius 1 is 1.16 bits per heavy atom. The lowest BCUT2D eigenvalue weighted by Crippen LogP contribution is -2.51. The van der Waals surface area contributed by atoms with E-state index in [-0.39, 0.29) is 81.1 Å². The van der Waals surface area contributed by atoms with Crippen LogP contribution < -0.4 is 20.7 Å². The fraction of sp³-hybridized carbons (Fsp3) is 0.433. The molecule has 3 N–H and O–H groups in total. The van der Waals surface area contributed by atoms with Gasteiger partial charge in [-0.2, -0.15) is 28.4 Å². The molecular formula is C30H27F6N7OS. The maximum Gasteiger partial charge on any atom is 0.417 e. The van der Waals surface area contributed by atoms with Gasteiger partial charge in [-0.15, -0.1) is 11.3 Å². The van der Waals surface area contributed by atoms with Crippen LogP contribution in [-0.4, -0.2) is 72.5 Å². The number of aromatic nitrogens is 2. The van der Waals surface area contributed by atoms with Gasteiger partial charge in [0.2, 0.25) is 0 Å². The van der Waals surface area contributed by atoms with E-state index in [0.717, 1.165) is 31.0 Å². The number of alkyl halides is 4. The van der Waals surface area contributed by atoms with Crippen molar-refractivity contribution in [2.45, 2.75) is 49.7 Å². The van der Waals surface area contributed by atoms with Gasteiger partial charge in [0.1, 0.15) is 41.0 Å². The van der Waals surface area contributed by atoms with Gasteiger partial charge in [0.25, 0.3) is 0 Å². The van der Waals surface area contributed by atoms with Crippen LogP contribution in [0.2, 0.25) is 0 Å². The Hall–Kier alpha value is -3.87. The standard InChI is InChI=1S/C30H27F6N7OS/c1-42-9-13(31)6-16(42)12-44-29-40-25-18(28(41-29)43-10-14-2-3-15(11-43)39-14)7-20(30(34,35)36)23(24(25)33)17-4-5-21(32)26-22(17)19(8-37)27(38)45-26/h4-5,7,13-16,39H,2-3,6,9-12,38H2,1H3/t13-,14?,15?,16+/m1/s1. The summed E-state index contributed by atoms with van der Waals surface area (Å²) in [6.07, 6.45) is -4.11. The second-order valence-corrected chi connectivity index (χ2v) is 12.9. The first-order valence-corrected chi connectivity index (χ1v) is 15.2. The number of nitrogens with two attached hydrogens (primary N) is 1. The molecule has 2 aromatic carbocycles. The van der Waals surface area contributed by atoms with Gasteiger partial charge >= 0.3 is 12.2 Å². The highest BCUT2D eigenvalue weighted by Gasteiger charge is 2.40. The summed E-state index contributed by atoms with van der Waals surface area (Å²) in [5.74, 6) is -2.04. The number of hydrogen-bond acceptors (Lipinski definition) is 9. The van der Waals surface area contributed by atoms with Crippen molar-refractivity contribution in [3.8, 4) is 23.2 Å². The minimum absolute atomic E-state index is 0.0118. The predicted octanol–water partition coefficient (Wildman–Crippen LogP) is 5.62. The van der Waals surface area contributed by atoms with Crippen LogP contribution in [0.5, 0.6) is 6.01 Å². The van der Waals surface area contributed by atoms with E-state index in [1.807, 2.05) is 11.0 Å². The van der Waals surface area contributed by atoms with Crippen LogP contribution in [0, 0.1) is 23.0 Å². The van der Waals surface area contributed by atoms with E-state index in [2.05, 4.69) is 15.3 Å². The number of likely N-dealkylation sites (tertiary alicyclic amines) is 1. The van der Waals surface area contributed by atoms with Crippen molar-refractivity contribution in [3.05, 3.63) is 41.0 Å².